The van der Waals surface area contributed by atoms with Crippen LogP contribution in [0.25, 0.3) is 0 Å². The zero-order valence-corrected chi connectivity index (χ0v) is 11.2. The van der Waals surface area contributed by atoms with Crippen LogP contribution < -0.4 is 0 Å². The molecule has 2 rings (SSSR count). The van der Waals surface area contributed by atoms with Gasteiger partial charge in [-0.05, 0) is 12.8 Å². The molecule has 0 unspecified atom stereocenters. The molecule has 4 amide bonds. The Hall–Kier alpha value is -1.02. The van der Waals surface area contributed by atoms with Gasteiger partial charge in [0.1, 0.15) is 0 Å². The SMILES string of the molecule is O=C1CSC(=O)N1CCCCN1C(=O)CSC1=O. The van der Waals surface area contributed by atoms with Gasteiger partial charge in [-0.3, -0.25) is 29.0 Å². The van der Waals surface area contributed by atoms with Crippen molar-refractivity contribution >= 4 is 45.8 Å². The molecule has 2 aliphatic rings. The van der Waals surface area contributed by atoms with Gasteiger partial charge < -0.3 is 0 Å². The van der Waals surface area contributed by atoms with Crippen molar-refractivity contribution in [3.63, 3.8) is 0 Å². The third kappa shape index (κ3) is 2.86. The van der Waals surface area contributed by atoms with E-state index in [1.807, 2.05) is 0 Å². The van der Waals surface area contributed by atoms with Crippen LogP contribution in [0.5, 0.6) is 0 Å². The van der Waals surface area contributed by atoms with Gasteiger partial charge in [-0.1, -0.05) is 23.5 Å². The highest BCUT2D eigenvalue weighted by atomic mass is 32.2. The number of unbranched alkanes of at least 4 members (excludes halogenated alkanes) is 1. The summed E-state index contributed by atoms with van der Waals surface area (Å²) in [6.45, 7) is 0.738. The Bertz CT molecular complexity index is 343. The lowest BCUT2D eigenvalue weighted by Crippen LogP contribution is -2.32. The lowest BCUT2D eigenvalue weighted by Gasteiger charge is -2.15. The van der Waals surface area contributed by atoms with Crippen molar-refractivity contribution in [2.75, 3.05) is 24.6 Å². The summed E-state index contributed by atoms with van der Waals surface area (Å²) in [7, 11) is 0. The quantitative estimate of drug-likeness (QED) is 0.707. The maximum Gasteiger partial charge on any atom is 0.288 e. The first-order chi connectivity index (χ1) is 8.59. The van der Waals surface area contributed by atoms with Crippen LogP contribution in [-0.2, 0) is 9.59 Å². The summed E-state index contributed by atoms with van der Waals surface area (Å²) in [5.74, 6) is 0.125. The molecule has 2 fully saturated rings. The second-order valence-electron chi connectivity index (χ2n) is 3.91. The first-order valence-corrected chi connectivity index (χ1v) is 7.51. The number of hydrogen-bond donors (Lipinski definition) is 0. The summed E-state index contributed by atoms with van der Waals surface area (Å²) in [4.78, 5) is 47.6. The highest BCUT2D eigenvalue weighted by Crippen LogP contribution is 2.21. The van der Waals surface area contributed by atoms with Crippen molar-refractivity contribution < 1.29 is 19.2 Å². The average Bonchev–Trinajstić information content (AvgIpc) is 2.82. The summed E-state index contributed by atoms with van der Waals surface area (Å²) in [6.07, 6.45) is 1.22. The van der Waals surface area contributed by atoms with E-state index >= 15 is 0 Å². The van der Waals surface area contributed by atoms with Gasteiger partial charge in [0.15, 0.2) is 0 Å². The Kier molecular flexibility index (Phi) is 4.28. The van der Waals surface area contributed by atoms with E-state index in [1.165, 1.54) is 9.80 Å². The van der Waals surface area contributed by atoms with Crippen LogP contribution in [0.1, 0.15) is 12.8 Å². The van der Waals surface area contributed by atoms with Gasteiger partial charge in [0.05, 0.1) is 11.5 Å². The van der Waals surface area contributed by atoms with Crippen molar-refractivity contribution in [1.29, 1.82) is 0 Å². The van der Waals surface area contributed by atoms with Crippen molar-refractivity contribution in [1.82, 2.24) is 9.80 Å². The van der Waals surface area contributed by atoms with Crippen molar-refractivity contribution in [2.24, 2.45) is 0 Å². The van der Waals surface area contributed by atoms with Crippen LogP contribution in [0, 0.1) is 0 Å². The van der Waals surface area contributed by atoms with Crippen LogP contribution >= 0.6 is 23.5 Å². The van der Waals surface area contributed by atoms with Gasteiger partial charge in [0, 0.05) is 13.1 Å². The first-order valence-electron chi connectivity index (χ1n) is 5.54. The molecule has 8 heteroatoms. The summed E-state index contributed by atoms with van der Waals surface area (Å²) in [5.41, 5.74) is 0. The first kappa shape index (κ1) is 13.4. The van der Waals surface area contributed by atoms with E-state index in [1.54, 1.807) is 0 Å². The van der Waals surface area contributed by atoms with Crippen LogP contribution in [-0.4, -0.2) is 56.7 Å². The van der Waals surface area contributed by atoms with Crippen LogP contribution in [0.2, 0.25) is 0 Å². The topological polar surface area (TPSA) is 74.8 Å². The minimum absolute atomic E-state index is 0.158. The molecule has 0 saturated carbocycles. The number of imide groups is 2. The summed E-state index contributed by atoms with van der Waals surface area (Å²) < 4.78 is 0. The van der Waals surface area contributed by atoms with Gasteiger partial charge in [0.25, 0.3) is 10.5 Å². The molecule has 0 aromatic rings. The van der Waals surface area contributed by atoms with Gasteiger partial charge in [-0.2, -0.15) is 0 Å². The Morgan fingerprint density at radius 1 is 0.778 bits per heavy atom. The third-order valence-electron chi connectivity index (χ3n) is 2.69. The summed E-state index contributed by atoms with van der Waals surface area (Å²) in [5, 5.41) is -0.409. The second-order valence-corrected chi connectivity index (χ2v) is 5.76. The molecule has 6 nitrogen and oxygen atoms in total. The van der Waals surface area contributed by atoms with Crippen molar-refractivity contribution in [2.45, 2.75) is 12.8 Å². The predicted molar refractivity (Wildman–Crippen MR) is 68.4 cm³/mol. The van der Waals surface area contributed by atoms with E-state index in [9.17, 15) is 19.2 Å². The summed E-state index contributed by atoms with van der Waals surface area (Å²) in [6, 6.07) is 0. The fourth-order valence-electron chi connectivity index (χ4n) is 1.73. The van der Waals surface area contributed by atoms with E-state index in [4.69, 9.17) is 0 Å². The normalized spacial score (nSPS) is 20.4. The molecule has 98 valence electrons. The standard InChI is InChI=1S/C10H12N2O4S2/c13-7-5-17-9(15)11(7)3-1-2-4-12-8(14)6-18-10(12)16/h1-6H2. The smallest absolute Gasteiger partial charge is 0.273 e. The number of nitrogens with zero attached hydrogens (tertiary/aromatic N) is 2. The predicted octanol–water partition coefficient (Wildman–Crippen LogP) is 1.16. The highest BCUT2D eigenvalue weighted by Gasteiger charge is 2.31. The van der Waals surface area contributed by atoms with E-state index < -0.39 is 0 Å². The number of amides is 4. The number of carbonyl (C=O) groups is 4. The molecule has 0 spiro atoms. The van der Waals surface area contributed by atoms with E-state index in [2.05, 4.69) is 0 Å². The van der Waals surface area contributed by atoms with Crippen LogP contribution in [0.3, 0.4) is 0 Å². The third-order valence-corrected chi connectivity index (χ3v) is 4.41. The Balaban J connectivity index is 1.70. The molecular weight excluding hydrogens is 276 g/mol. The van der Waals surface area contributed by atoms with E-state index in [0.717, 1.165) is 23.5 Å². The van der Waals surface area contributed by atoms with Crippen LogP contribution in [0.4, 0.5) is 9.59 Å². The van der Waals surface area contributed by atoms with E-state index in [-0.39, 0.29) is 33.8 Å². The molecule has 2 aliphatic heterocycles. The summed E-state index contributed by atoms with van der Waals surface area (Å²) >= 11 is 2.03. The molecule has 18 heavy (non-hydrogen) atoms. The largest absolute Gasteiger partial charge is 0.288 e. The van der Waals surface area contributed by atoms with Crippen molar-refractivity contribution in [3.05, 3.63) is 0 Å². The Labute approximate surface area is 112 Å². The maximum absolute atomic E-state index is 11.3. The average molecular weight is 288 g/mol. The lowest BCUT2D eigenvalue weighted by atomic mass is 10.3. The minimum atomic E-state index is -0.205. The number of thioether (sulfide) groups is 2. The molecular formula is C10H12N2O4S2. The van der Waals surface area contributed by atoms with Crippen LogP contribution in [0.15, 0.2) is 0 Å². The number of carbonyl (C=O) groups excluding carboxylic acids is 4. The molecule has 0 aliphatic carbocycles. The van der Waals surface area contributed by atoms with Gasteiger partial charge in [-0.25, -0.2) is 0 Å². The molecule has 2 saturated heterocycles. The van der Waals surface area contributed by atoms with E-state index in [0.29, 0.717) is 25.9 Å². The number of hydrogen-bond acceptors (Lipinski definition) is 6. The van der Waals surface area contributed by atoms with Crippen molar-refractivity contribution in [3.8, 4) is 0 Å². The number of rotatable bonds is 5. The molecule has 2 heterocycles. The molecule has 0 aromatic heterocycles. The molecule has 0 bridgehead atoms. The van der Waals surface area contributed by atoms with Gasteiger partial charge in [0.2, 0.25) is 11.8 Å². The monoisotopic (exact) mass is 288 g/mol. The molecule has 0 aromatic carbocycles. The fraction of sp³-hybridized carbons (Fsp3) is 0.600. The fourth-order valence-corrected chi connectivity index (χ4v) is 3.24. The van der Waals surface area contributed by atoms with Gasteiger partial charge >= 0.3 is 0 Å². The maximum atomic E-state index is 11.3. The highest BCUT2D eigenvalue weighted by molar-refractivity contribution is 8.15. The molecule has 0 N–H and O–H groups in total. The Morgan fingerprint density at radius 3 is 1.44 bits per heavy atom. The lowest BCUT2D eigenvalue weighted by molar-refractivity contribution is -0.126. The minimum Gasteiger partial charge on any atom is -0.273 e. The second kappa shape index (κ2) is 5.75. The zero-order valence-electron chi connectivity index (χ0n) is 9.59. The molecule has 0 atom stereocenters. The van der Waals surface area contributed by atoms with Gasteiger partial charge in [-0.15, -0.1) is 0 Å². The Morgan fingerprint density at radius 2 is 1.17 bits per heavy atom. The zero-order chi connectivity index (χ0) is 13.1. The molecule has 0 radical (unpaired) electrons.